The molecule has 2 aliphatic rings. The summed E-state index contributed by atoms with van der Waals surface area (Å²) in [5.41, 5.74) is 2.09. The monoisotopic (exact) mass is 370 g/mol. The van der Waals surface area contributed by atoms with Gasteiger partial charge in [-0.05, 0) is 58.2 Å². The lowest BCUT2D eigenvalue weighted by Crippen LogP contribution is -2.49. The Labute approximate surface area is 159 Å². The fraction of sp³-hybridized carbons (Fsp3) is 0.524. The highest BCUT2D eigenvalue weighted by Crippen LogP contribution is 2.47. The zero-order valence-electron chi connectivity index (χ0n) is 16.5. The molecule has 144 valence electrons. The molecule has 5 nitrogen and oxygen atoms in total. The average molecular weight is 370 g/mol. The van der Waals surface area contributed by atoms with Crippen LogP contribution >= 0.6 is 0 Å². The van der Waals surface area contributed by atoms with Gasteiger partial charge in [0, 0.05) is 37.1 Å². The molecule has 0 radical (unpaired) electrons. The fourth-order valence-corrected chi connectivity index (χ4v) is 5.01. The predicted octanol–water partition coefficient (Wildman–Crippen LogP) is 3.53. The number of nitrogens with zero attached hydrogens (tertiary/aromatic N) is 4. The summed E-state index contributed by atoms with van der Waals surface area (Å²) in [7, 11) is 1.86. The van der Waals surface area contributed by atoms with E-state index in [0.29, 0.717) is 5.56 Å². The summed E-state index contributed by atoms with van der Waals surface area (Å²) < 4.78 is 15.6. The van der Waals surface area contributed by atoms with Crippen LogP contribution in [0.4, 0.5) is 10.1 Å². The van der Waals surface area contributed by atoms with Gasteiger partial charge in [0.2, 0.25) is 0 Å². The number of likely N-dealkylation sites (tertiary alicyclic amines) is 1. The number of rotatable bonds is 2. The topological polar surface area (TPSA) is 41.4 Å². The Hall–Kier alpha value is -2.37. The van der Waals surface area contributed by atoms with Crippen LogP contribution in [0, 0.1) is 12.7 Å². The Balaban J connectivity index is 1.68. The van der Waals surface area contributed by atoms with Crippen molar-refractivity contribution in [2.75, 3.05) is 18.0 Å². The van der Waals surface area contributed by atoms with Crippen molar-refractivity contribution < 1.29 is 9.18 Å². The molecule has 1 aromatic heterocycles. The largest absolute Gasteiger partial charge is 0.364 e. The normalized spacial score (nSPS) is 24.2. The van der Waals surface area contributed by atoms with E-state index in [0.717, 1.165) is 43.7 Å². The third-order valence-electron chi connectivity index (χ3n) is 6.37. The highest BCUT2D eigenvalue weighted by Gasteiger charge is 2.55. The van der Waals surface area contributed by atoms with Crippen LogP contribution in [0.3, 0.4) is 0 Å². The van der Waals surface area contributed by atoms with Gasteiger partial charge in [-0.25, -0.2) is 4.39 Å². The summed E-state index contributed by atoms with van der Waals surface area (Å²) >= 11 is 0. The minimum Gasteiger partial charge on any atom is -0.364 e. The maximum absolute atomic E-state index is 13.8. The minimum atomic E-state index is -0.227. The van der Waals surface area contributed by atoms with Crippen molar-refractivity contribution in [3.05, 3.63) is 47.5 Å². The number of carbonyl (C=O) groups excluding carboxylic acids is 1. The Morgan fingerprint density at radius 3 is 2.74 bits per heavy atom. The van der Waals surface area contributed by atoms with Gasteiger partial charge in [0.05, 0.1) is 17.3 Å². The third-order valence-corrected chi connectivity index (χ3v) is 6.37. The Morgan fingerprint density at radius 2 is 2.07 bits per heavy atom. The summed E-state index contributed by atoms with van der Waals surface area (Å²) in [6.45, 7) is 7.79. The Kier molecular flexibility index (Phi) is 4.05. The molecule has 0 N–H and O–H groups in total. The molecule has 3 heterocycles. The molecule has 1 aromatic carbocycles. The molecule has 2 fully saturated rings. The van der Waals surface area contributed by atoms with Crippen LogP contribution in [0.25, 0.3) is 0 Å². The van der Waals surface area contributed by atoms with E-state index >= 15 is 0 Å². The number of anilines is 1. The first-order chi connectivity index (χ1) is 12.7. The molecule has 1 unspecified atom stereocenters. The molecular weight excluding hydrogens is 343 g/mol. The molecule has 4 rings (SSSR count). The van der Waals surface area contributed by atoms with Crippen molar-refractivity contribution in [3.8, 4) is 0 Å². The first-order valence-electron chi connectivity index (χ1n) is 9.57. The highest BCUT2D eigenvalue weighted by molar-refractivity contribution is 5.96. The zero-order chi connectivity index (χ0) is 19.4. The predicted molar refractivity (Wildman–Crippen MR) is 103 cm³/mol. The summed E-state index contributed by atoms with van der Waals surface area (Å²) in [6, 6.07) is 6.77. The first kappa shape index (κ1) is 18.0. The van der Waals surface area contributed by atoms with Gasteiger partial charge >= 0.3 is 0 Å². The number of benzene rings is 1. The van der Waals surface area contributed by atoms with Crippen LogP contribution in [-0.2, 0) is 7.05 Å². The number of hydrogen-bond donors (Lipinski definition) is 0. The first-order valence-corrected chi connectivity index (χ1v) is 9.57. The molecule has 0 aliphatic carbocycles. The second kappa shape index (κ2) is 6.08. The van der Waals surface area contributed by atoms with Crippen LogP contribution in [0.2, 0.25) is 0 Å². The standard InChI is InChI=1S/C21H27FN4O/c1-15-18(12-23-24(15)4)19(27)25-10-6-9-21(25)13-20(2,3)26(14-21)17-8-5-7-16(22)11-17/h5,7-8,11-12H,6,9-10,13-14H2,1-4H3. The van der Waals surface area contributed by atoms with Gasteiger partial charge in [-0.15, -0.1) is 0 Å². The molecule has 1 atom stereocenters. The van der Waals surface area contributed by atoms with Gasteiger partial charge in [-0.3, -0.25) is 9.48 Å². The lowest BCUT2D eigenvalue weighted by molar-refractivity contribution is 0.0616. The average Bonchev–Trinajstić information content (AvgIpc) is 3.24. The molecule has 2 aliphatic heterocycles. The van der Waals surface area contributed by atoms with E-state index in [1.54, 1.807) is 23.0 Å². The maximum atomic E-state index is 13.8. The van der Waals surface area contributed by atoms with Crippen LogP contribution in [-0.4, -0.2) is 44.8 Å². The number of hydrogen-bond acceptors (Lipinski definition) is 3. The summed E-state index contributed by atoms with van der Waals surface area (Å²) in [6.07, 6.45) is 4.53. The SMILES string of the molecule is Cc1c(C(=O)N2CCCC23CN(c2cccc(F)c2)C(C)(C)C3)cnn1C. The van der Waals surface area contributed by atoms with Gasteiger partial charge in [0.25, 0.3) is 5.91 Å². The number of carbonyl (C=O) groups is 1. The summed E-state index contributed by atoms with van der Waals surface area (Å²) in [5.74, 6) is -0.162. The van der Waals surface area contributed by atoms with Crippen molar-refractivity contribution >= 4 is 11.6 Å². The summed E-state index contributed by atoms with van der Waals surface area (Å²) in [4.78, 5) is 17.7. The quantitative estimate of drug-likeness (QED) is 0.812. The van der Waals surface area contributed by atoms with E-state index in [2.05, 4.69) is 28.7 Å². The highest BCUT2D eigenvalue weighted by atomic mass is 19.1. The van der Waals surface area contributed by atoms with E-state index in [1.807, 2.05) is 20.0 Å². The van der Waals surface area contributed by atoms with E-state index in [-0.39, 0.29) is 22.8 Å². The van der Waals surface area contributed by atoms with Gasteiger partial charge in [-0.1, -0.05) is 6.07 Å². The minimum absolute atomic E-state index is 0.0648. The van der Waals surface area contributed by atoms with Gasteiger partial charge < -0.3 is 9.80 Å². The Bertz CT molecular complexity index is 890. The van der Waals surface area contributed by atoms with E-state index in [1.165, 1.54) is 6.07 Å². The van der Waals surface area contributed by atoms with Gasteiger partial charge in [0.15, 0.2) is 0 Å². The zero-order valence-corrected chi connectivity index (χ0v) is 16.5. The molecule has 2 aromatic rings. The smallest absolute Gasteiger partial charge is 0.257 e. The van der Waals surface area contributed by atoms with E-state index in [4.69, 9.17) is 0 Å². The number of amides is 1. The van der Waals surface area contributed by atoms with Crippen LogP contribution in [0.1, 0.15) is 49.2 Å². The fourth-order valence-electron chi connectivity index (χ4n) is 5.01. The second-order valence-corrected chi connectivity index (χ2v) is 8.61. The molecule has 27 heavy (non-hydrogen) atoms. The number of aryl methyl sites for hydroxylation is 1. The number of halogens is 1. The van der Waals surface area contributed by atoms with Crippen molar-refractivity contribution in [2.45, 2.75) is 51.1 Å². The van der Waals surface area contributed by atoms with Crippen molar-refractivity contribution in [2.24, 2.45) is 7.05 Å². The van der Waals surface area contributed by atoms with Crippen LogP contribution < -0.4 is 4.90 Å². The lowest BCUT2D eigenvalue weighted by Gasteiger charge is -2.35. The molecule has 1 spiro atoms. The molecule has 0 saturated carbocycles. The molecular formula is C21H27FN4O. The van der Waals surface area contributed by atoms with Gasteiger partial charge in [-0.2, -0.15) is 5.10 Å². The van der Waals surface area contributed by atoms with Crippen molar-refractivity contribution in [1.82, 2.24) is 14.7 Å². The molecule has 1 amide bonds. The molecule has 2 saturated heterocycles. The van der Waals surface area contributed by atoms with E-state index < -0.39 is 0 Å². The van der Waals surface area contributed by atoms with Crippen LogP contribution in [0.5, 0.6) is 0 Å². The molecule has 6 heteroatoms. The molecule has 0 bridgehead atoms. The van der Waals surface area contributed by atoms with Gasteiger partial charge in [0.1, 0.15) is 5.82 Å². The van der Waals surface area contributed by atoms with Crippen molar-refractivity contribution in [1.29, 1.82) is 0 Å². The summed E-state index contributed by atoms with van der Waals surface area (Å²) in [5, 5.41) is 4.24. The van der Waals surface area contributed by atoms with Crippen LogP contribution in [0.15, 0.2) is 30.5 Å². The third kappa shape index (κ3) is 2.82. The Morgan fingerprint density at radius 1 is 1.30 bits per heavy atom. The second-order valence-electron chi connectivity index (χ2n) is 8.61. The van der Waals surface area contributed by atoms with E-state index in [9.17, 15) is 9.18 Å². The maximum Gasteiger partial charge on any atom is 0.257 e. The lowest BCUT2D eigenvalue weighted by atomic mass is 9.87. The number of aromatic nitrogens is 2. The van der Waals surface area contributed by atoms with Crippen molar-refractivity contribution in [3.63, 3.8) is 0 Å².